The molecule has 1 heterocycles. The van der Waals surface area contributed by atoms with Gasteiger partial charge in [-0.1, -0.05) is 18.7 Å². The third-order valence-electron chi connectivity index (χ3n) is 2.30. The van der Waals surface area contributed by atoms with E-state index in [1.165, 1.54) is 28.0 Å². The minimum atomic E-state index is -0.118. The topological polar surface area (TPSA) is 62.3 Å². The van der Waals surface area contributed by atoms with E-state index in [0.29, 0.717) is 12.3 Å². The van der Waals surface area contributed by atoms with Crippen LogP contribution in [0.4, 0.5) is 0 Å². The average molecular weight is 301 g/mol. The quantitative estimate of drug-likeness (QED) is 0.776. The zero-order chi connectivity index (χ0) is 14.3. The van der Waals surface area contributed by atoms with E-state index < -0.39 is 0 Å². The van der Waals surface area contributed by atoms with Crippen molar-refractivity contribution in [1.29, 1.82) is 0 Å². The largest absolute Gasteiger partial charge is 0.355 e. The number of thioether (sulfide) groups is 1. The lowest BCUT2D eigenvalue weighted by atomic mass is 10.4. The highest BCUT2D eigenvalue weighted by Gasteiger charge is 2.13. The van der Waals surface area contributed by atoms with Crippen molar-refractivity contribution in [2.75, 3.05) is 25.9 Å². The van der Waals surface area contributed by atoms with Gasteiger partial charge in [0.1, 0.15) is 0 Å². The van der Waals surface area contributed by atoms with Gasteiger partial charge in [-0.15, -0.1) is 11.3 Å². The summed E-state index contributed by atoms with van der Waals surface area (Å²) in [5.74, 6) is 0.127. The molecule has 0 fully saturated rings. The molecule has 1 rings (SSSR count). The van der Waals surface area contributed by atoms with Gasteiger partial charge in [0.25, 0.3) is 0 Å². The minimum Gasteiger partial charge on any atom is -0.355 e. The number of carbonyl (C=O) groups is 2. The summed E-state index contributed by atoms with van der Waals surface area (Å²) >= 11 is 2.94. The van der Waals surface area contributed by atoms with E-state index in [9.17, 15) is 9.59 Å². The highest BCUT2D eigenvalue weighted by molar-refractivity contribution is 8.01. The fourth-order valence-corrected chi connectivity index (χ4v) is 3.05. The van der Waals surface area contributed by atoms with Gasteiger partial charge in [-0.3, -0.25) is 9.59 Å². The van der Waals surface area contributed by atoms with Crippen LogP contribution in [0.1, 0.15) is 19.0 Å². The van der Waals surface area contributed by atoms with Crippen molar-refractivity contribution in [2.24, 2.45) is 0 Å². The summed E-state index contributed by atoms with van der Waals surface area (Å²) in [5, 5.41) is 4.70. The Morgan fingerprint density at radius 3 is 2.84 bits per heavy atom. The third kappa shape index (κ3) is 6.07. The first-order chi connectivity index (χ1) is 9.02. The van der Waals surface area contributed by atoms with Gasteiger partial charge in [0.15, 0.2) is 4.34 Å². The normalized spacial score (nSPS) is 10.3. The molecule has 0 atom stereocenters. The van der Waals surface area contributed by atoms with E-state index in [4.69, 9.17) is 0 Å². The van der Waals surface area contributed by atoms with E-state index in [1.807, 2.05) is 19.2 Å². The second-order valence-corrected chi connectivity index (χ2v) is 6.22. The van der Waals surface area contributed by atoms with Crippen LogP contribution in [0.5, 0.6) is 0 Å². The first-order valence-electron chi connectivity index (χ1n) is 6.08. The molecule has 0 aliphatic rings. The van der Waals surface area contributed by atoms with Crippen LogP contribution in [0, 0.1) is 6.92 Å². The lowest BCUT2D eigenvalue weighted by Gasteiger charge is -2.16. The Morgan fingerprint density at radius 2 is 2.26 bits per heavy atom. The summed E-state index contributed by atoms with van der Waals surface area (Å²) in [6, 6.07) is 0. The molecular weight excluding hydrogens is 282 g/mol. The van der Waals surface area contributed by atoms with Crippen LogP contribution in [0.15, 0.2) is 9.72 Å². The van der Waals surface area contributed by atoms with Gasteiger partial charge in [-0.2, -0.15) is 0 Å². The maximum atomic E-state index is 11.8. The SMILES string of the molecule is CCCNC(=O)CN(C)C(=O)CSc1nc(C)cs1. The molecule has 0 saturated heterocycles. The average Bonchev–Trinajstić information content (AvgIpc) is 2.79. The summed E-state index contributed by atoms with van der Waals surface area (Å²) in [7, 11) is 1.64. The number of nitrogens with zero attached hydrogens (tertiary/aromatic N) is 2. The molecule has 0 spiro atoms. The molecule has 7 heteroatoms. The Bertz CT molecular complexity index is 434. The molecule has 0 saturated carbocycles. The molecule has 0 aliphatic heterocycles. The first kappa shape index (κ1) is 16.0. The Hall–Kier alpha value is -1.08. The molecule has 0 unspecified atom stereocenters. The molecule has 106 valence electrons. The Kier molecular flexibility index (Phi) is 6.86. The van der Waals surface area contributed by atoms with Crippen molar-refractivity contribution in [3.63, 3.8) is 0 Å². The summed E-state index contributed by atoms with van der Waals surface area (Å²) < 4.78 is 0.884. The Labute approximate surface area is 121 Å². The number of nitrogens with one attached hydrogen (secondary N) is 1. The van der Waals surface area contributed by atoms with E-state index in [1.54, 1.807) is 7.05 Å². The smallest absolute Gasteiger partial charge is 0.239 e. The predicted molar refractivity (Wildman–Crippen MR) is 78.5 cm³/mol. The molecule has 1 N–H and O–H groups in total. The van der Waals surface area contributed by atoms with Crippen LogP contribution >= 0.6 is 23.1 Å². The highest BCUT2D eigenvalue weighted by atomic mass is 32.2. The van der Waals surface area contributed by atoms with Crippen LogP contribution in [0.25, 0.3) is 0 Å². The summed E-state index contributed by atoms with van der Waals surface area (Å²) in [5.41, 5.74) is 0.965. The fraction of sp³-hybridized carbons (Fsp3) is 0.583. The number of rotatable bonds is 7. The standard InChI is InChI=1S/C12H19N3O2S2/c1-4-5-13-10(16)6-15(3)11(17)8-19-12-14-9(2)7-18-12/h7H,4-6,8H2,1-3H3,(H,13,16). The first-order valence-corrected chi connectivity index (χ1v) is 7.95. The molecule has 1 aromatic rings. The second-order valence-electron chi connectivity index (χ2n) is 4.14. The van der Waals surface area contributed by atoms with Gasteiger partial charge >= 0.3 is 0 Å². The molecule has 2 amide bonds. The summed E-state index contributed by atoms with van der Waals surface area (Å²) in [6.07, 6.45) is 0.892. The minimum absolute atomic E-state index is 0.0653. The van der Waals surface area contributed by atoms with Gasteiger partial charge in [0.05, 0.1) is 12.3 Å². The number of likely N-dealkylation sites (N-methyl/N-ethyl adjacent to an activating group) is 1. The predicted octanol–water partition coefficient (Wildman–Crippen LogP) is 1.53. The Balaban J connectivity index is 2.30. The van der Waals surface area contributed by atoms with E-state index in [-0.39, 0.29) is 18.4 Å². The summed E-state index contributed by atoms with van der Waals surface area (Å²) in [6.45, 7) is 4.67. The number of carbonyl (C=O) groups excluding carboxylic acids is 2. The number of hydrogen-bond acceptors (Lipinski definition) is 5. The fourth-order valence-electron chi connectivity index (χ4n) is 1.26. The van der Waals surface area contributed by atoms with Crippen LogP contribution in [-0.4, -0.2) is 47.6 Å². The molecule has 5 nitrogen and oxygen atoms in total. The van der Waals surface area contributed by atoms with E-state index in [2.05, 4.69) is 10.3 Å². The maximum Gasteiger partial charge on any atom is 0.239 e. The molecule has 19 heavy (non-hydrogen) atoms. The monoisotopic (exact) mass is 301 g/mol. The number of hydrogen-bond donors (Lipinski definition) is 1. The molecular formula is C12H19N3O2S2. The van der Waals surface area contributed by atoms with Crippen LogP contribution in [0.2, 0.25) is 0 Å². The number of aromatic nitrogens is 1. The molecule has 0 radical (unpaired) electrons. The van der Waals surface area contributed by atoms with Crippen molar-refractivity contribution in [1.82, 2.24) is 15.2 Å². The van der Waals surface area contributed by atoms with Gasteiger partial charge < -0.3 is 10.2 Å². The van der Waals surface area contributed by atoms with Crippen molar-refractivity contribution >= 4 is 34.9 Å². The zero-order valence-electron chi connectivity index (χ0n) is 11.4. The number of aryl methyl sites for hydroxylation is 1. The van der Waals surface area contributed by atoms with Crippen LogP contribution in [-0.2, 0) is 9.59 Å². The molecule has 0 aliphatic carbocycles. The van der Waals surface area contributed by atoms with Gasteiger partial charge in [0, 0.05) is 24.7 Å². The van der Waals surface area contributed by atoms with Gasteiger partial charge in [-0.05, 0) is 13.3 Å². The lowest BCUT2D eigenvalue weighted by molar-refractivity contribution is -0.132. The highest BCUT2D eigenvalue weighted by Crippen LogP contribution is 2.22. The van der Waals surface area contributed by atoms with Crippen molar-refractivity contribution in [3.8, 4) is 0 Å². The van der Waals surface area contributed by atoms with Crippen molar-refractivity contribution in [2.45, 2.75) is 24.6 Å². The molecule has 0 aromatic carbocycles. The van der Waals surface area contributed by atoms with Gasteiger partial charge in [-0.25, -0.2) is 4.98 Å². The lowest BCUT2D eigenvalue weighted by Crippen LogP contribution is -2.39. The second kappa shape index (κ2) is 8.16. The molecule has 0 bridgehead atoms. The van der Waals surface area contributed by atoms with Crippen LogP contribution < -0.4 is 5.32 Å². The summed E-state index contributed by atoms with van der Waals surface area (Å²) in [4.78, 5) is 29.0. The van der Waals surface area contributed by atoms with Gasteiger partial charge in [0.2, 0.25) is 11.8 Å². The van der Waals surface area contributed by atoms with E-state index >= 15 is 0 Å². The zero-order valence-corrected chi connectivity index (χ0v) is 13.1. The number of thiazole rings is 1. The number of amides is 2. The van der Waals surface area contributed by atoms with E-state index in [0.717, 1.165) is 16.5 Å². The maximum absolute atomic E-state index is 11.8. The molecule has 1 aromatic heterocycles. The van der Waals surface area contributed by atoms with Crippen molar-refractivity contribution < 1.29 is 9.59 Å². The Morgan fingerprint density at radius 1 is 1.53 bits per heavy atom. The van der Waals surface area contributed by atoms with Crippen molar-refractivity contribution in [3.05, 3.63) is 11.1 Å². The third-order valence-corrected chi connectivity index (χ3v) is 4.42. The van der Waals surface area contributed by atoms with Crippen LogP contribution in [0.3, 0.4) is 0 Å².